The number of aromatic nitrogens is 2. The Labute approximate surface area is 103 Å². The molecule has 4 heteroatoms. The highest BCUT2D eigenvalue weighted by atomic mass is 16.5. The van der Waals surface area contributed by atoms with Gasteiger partial charge in [0.1, 0.15) is 5.82 Å². The van der Waals surface area contributed by atoms with Crippen molar-refractivity contribution in [2.45, 2.75) is 39.3 Å². The Kier molecular flexibility index (Phi) is 5.01. The van der Waals surface area contributed by atoms with E-state index in [0.29, 0.717) is 0 Å². The van der Waals surface area contributed by atoms with Crippen LogP contribution in [0.15, 0.2) is 12.4 Å². The molecule has 0 unspecified atom stereocenters. The second-order valence-corrected chi connectivity index (χ2v) is 4.73. The molecule has 0 bridgehead atoms. The van der Waals surface area contributed by atoms with Crippen LogP contribution in [0, 0.1) is 5.92 Å². The fraction of sp³-hybridized carbons (Fsp3) is 0.769. The molecular formula is C13H23N3O. The zero-order valence-electron chi connectivity index (χ0n) is 10.7. The molecule has 0 aliphatic heterocycles. The molecule has 1 aliphatic rings. The van der Waals surface area contributed by atoms with Gasteiger partial charge in [0.25, 0.3) is 0 Å². The molecule has 2 rings (SSSR count). The van der Waals surface area contributed by atoms with Crippen molar-refractivity contribution < 1.29 is 4.74 Å². The smallest absolute Gasteiger partial charge is 0.122 e. The van der Waals surface area contributed by atoms with Gasteiger partial charge in [-0.3, -0.25) is 0 Å². The molecule has 0 saturated heterocycles. The molecule has 1 aliphatic carbocycles. The van der Waals surface area contributed by atoms with E-state index in [1.54, 1.807) is 0 Å². The van der Waals surface area contributed by atoms with Crippen molar-refractivity contribution in [2.75, 3.05) is 19.8 Å². The van der Waals surface area contributed by atoms with Gasteiger partial charge in [0.05, 0.1) is 13.2 Å². The van der Waals surface area contributed by atoms with Gasteiger partial charge in [-0.2, -0.15) is 0 Å². The number of imidazole rings is 1. The first-order chi connectivity index (χ1) is 8.40. The first-order valence-corrected chi connectivity index (χ1v) is 6.68. The molecule has 1 N–H and O–H groups in total. The van der Waals surface area contributed by atoms with Crippen molar-refractivity contribution >= 4 is 0 Å². The molecule has 0 atom stereocenters. The monoisotopic (exact) mass is 237 g/mol. The summed E-state index contributed by atoms with van der Waals surface area (Å²) >= 11 is 0. The molecule has 1 saturated carbocycles. The minimum Gasteiger partial charge on any atom is -0.380 e. The average molecular weight is 237 g/mol. The minimum absolute atomic E-state index is 0.811. The van der Waals surface area contributed by atoms with Gasteiger partial charge in [-0.1, -0.05) is 6.92 Å². The maximum Gasteiger partial charge on any atom is 0.122 e. The summed E-state index contributed by atoms with van der Waals surface area (Å²) in [6, 6.07) is 0. The number of aryl methyl sites for hydroxylation is 1. The SMILES string of the molecule is CCCn1ccnc1CNCCOCC1CC1. The van der Waals surface area contributed by atoms with Gasteiger partial charge in [-0.05, 0) is 25.2 Å². The fourth-order valence-electron chi connectivity index (χ4n) is 1.83. The van der Waals surface area contributed by atoms with E-state index >= 15 is 0 Å². The molecule has 1 aromatic heterocycles. The van der Waals surface area contributed by atoms with Gasteiger partial charge in [-0.25, -0.2) is 4.98 Å². The van der Waals surface area contributed by atoms with Gasteiger partial charge in [-0.15, -0.1) is 0 Å². The van der Waals surface area contributed by atoms with E-state index in [9.17, 15) is 0 Å². The Balaban J connectivity index is 1.55. The second kappa shape index (κ2) is 6.77. The summed E-state index contributed by atoms with van der Waals surface area (Å²) in [5, 5.41) is 3.37. The first kappa shape index (κ1) is 12.6. The van der Waals surface area contributed by atoms with Crippen LogP contribution >= 0.6 is 0 Å². The standard InChI is InChI=1S/C13H23N3O/c1-2-7-16-8-5-15-13(16)10-14-6-9-17-11-12-3-4-12/h5,8,12,14H,2-4,6-7,9-11H2,1H3. The maximum atomic E-state index is 5.57. The Morgan fingerprint density at radius 1 is 1.53 bits per heavy atom. The number of rotatable bonds is 9. The predicted octanol–water partition coefficient (Wildman–Crippen LogP) is 1.81. The van der Waals surface area contributed by atoms with Gasteiger partial charge in [0.15, 0.2) is 0 Å². The quantitative estimate of drug-likeness (QED) is 0.666. The zero-order valence-corrected chi connectivity index (χ0v) is 10.7. The van der Waals surface area contributed by atoms with E-state index in [2.05, 4.69) is 21.8 Å². The summed E-state index contributed by atoms with van der Waals surface area (Å²) in [7, 11) is 0. The normalized spacial score (nSPS) is 15.4. The van der Waals surface area contributed by atoms with Crippen LogP contribution in [-0.2, 0) is 17.8 Å². The Hall–Kier alpha value is -0.870. The number of nitrogens with zero attached hydrogens (tertiary/aromatic N) is 2. The summed E-state index contributed by atoms with van der Waals surface area (Å²) in [6.45, 7) is 6.74. The van der Waals surface area contributed by atoms with Crippen molar-refractivity contribution in [3.63, 3.8) is 0 Å². The molecular weight excluding hydrogens is 214 g/mol. The molecule has 96 valence electrons. The number of hydrogen-bond donors (Lipinski definition) is 1. The van der Waals surface area contributed by atoms with Crippen molar-refractivity contribution in [3.8, 4) is 0 Å². The van der Waals surface area contributed by atoms with Crippen molar-refractivity contribution in [1.82, 2.24) is 14.9 Å². The molecule has 17 heavy (non-hydrogen) atoms. The lowest BCUT2D eigenvalue weighted by molar-refractivity contribution is 0.126. The second-order valence-electron chi connectivity index (χ2n) is 4.73. The number of hydrogen-bond acceptors (Lipinski definition) is 3. The molecule has 1 fully saturated rings. The highest BCUT2D eigenvalue weighted by Crippen LogP contribution is 2.28. The van der Waals surface area contributed by atoms with E-state index in [4.69, 9.17) is 4.74 Å². The van der Waals surface area contributed by atoms with Crippen LogP contribution in [0.3, 0.4) is 0 Å². The van der Waals surface area contributed by atoms with E-state index < -0.39 is 0 Å². The van der Waals surface area contributed by atoms with Crippen LogP contribution in [0.1, 0.15) is 32.0 Å². The van der Waals surface area contributed by atoms with Gasteiger partial charge < -0.3 is 14.6 Å². The van der Waals surface area contributed by atoms with Gasteiger partial charge in [0.2, 0.25) is 0 Å². The van der Waals surface area contributed by atoms with E-state index in [1.807, 2.05) is 12.4 Å². The highest BCUT2D eigenvalue weighted by molar-refractivity contribution is 4.91. The molecule has 1 aromatic rings. The van der Waals surface area contributed by atoms with E-state index in [1.165, 1.54) is 12.8 Å². The summed E-state index contributed by atoms with van der Waals surface area (Å²) in [6.07, 6.45) is 7.79. The number of ether oxygens (including phenoxy) is 1. The van der Waals surface area contributed by atoms with Crippen LogP contribution in [0.4, 0.5) is 0 Å². The lowest BCUT2D eigenvalue weighted by atomic mass is 10.4. The van der Waals surface area contributed by atoms with Crippen molar-refractivity contribution in [3.05, 3.63) is 18.2 Å². The van der Waals surface area contributed by atoms with E-state index in [-0.39, 0.29) is 0 Å². The topological polar surface area (TPSA) is 39.1 Å². The molecule has 0 aromatic carbocycles. The lowest BCUT2D eigenvalue weighted by Gasteiger charge is -2.08. The maximum absolute atomic E-state index is 5.57. The summed E-state index contributed by atoms with van der Waals surface area (Å²) in [4.78, 5) is 4.35. The first-order valence-electron chi connectivity index (χ1n) is 6.68. The van der Waals surface area contributed by atoms with Gasteiger partial charge >= 0.3 is 0 Å². The molecule has 0 radical (unpaired) electrons. The summed E-state index contributed by atoms with van der Waals surface area (Å²) in [5.41, 5.74) is 0. The van der Waals surface area contributed by atoms with E-state index in [0.717, 1.165) is 51.0 Å². The predicted molar refractivity (Wildman–Crippen MR) is 67.8 cm³/mol. The minimum atomic E-state index is 0.811. The Morgan fingerprint density at radius 3 is 3.18 bits per heavy atom. The summed E-state index contributed by atoms with van der Waals surface area (Å²) in [5.74, 6) is 1.98. The lowest BCUT2D eigenvalue weighted by Crippen LogP contribution is -2.22. The third kappa shape index (κ3) is 4.48. The fourth-order valence-corrected chi connectivity index (χ4v) is 1.83. The zero-order chi connectivity index (χ0) is 11.9. The van der Waals surface area contributed by atoms with Crippen LogP contribution in [0.2, 0.25) is 0 Å². The van der Waals surface area contributed by atoms with Crippen LogP contribution in [-0.4, -0.2) is 29.3 Å². The molecule has 0 amide bonds. The Bertz CT molecular complexity index is 320. The van der Waals surface area contributed by atoms with Crippen LogP contribution in [0.25, 0.3) is 0 Å². The molecule has 1 heterocycles. The van der Waals surface area contributed by atoms with Crippen LogP contribution in [0.5, 0.6) is 0 Å². The highest BCUT2D eigenvalue weighted by Gasteiger charge is 2.20. The third-order valence-corrected chi connectivity index (χ3v) is 3.02. The Morgan fingerprint density at radius 2 is 2.41 bits per heavy atom. The molecule has 0 spiro atoms. The summed E-state index contributed by atoms with van der Waals surface area (Å²) < 4.78 is 7.77. The van der Waals surface area contributed by atoms with Crippen molar-refractivity contribution in [2.24, 2.45) is 5.92 Å². The average Bonchev–Trinajstić information content (AvgIpc) is 3.05. The third-order valence-electron chi connectivity index (χ3n) is 3.02. The van der Waals surface area contributed by atoms with Crippen LogP contribution < -0.4 is 5.32 Å². The van der Waals surface area contributed by atoms with Crippen molar-refractivity contribution in [1.29, 1.82) is 0 Å². The van der Waals surface area contributed by atoms with Gasteiger partial charge in [0, 0.05) is 32.1 Å². The molecule has 4 nitrogen and oxygen atoms in total. The largest absolute Gasteiger partial charge is 0.380 e. The number of nitrogens with one attached hydrogen (secondary N) is 1.